The lowest BCUT2D eigenvalue weighted by molar-refractivity contribution is -0.0638. The maximum Gasteiger partial charge on any atom is 0.0955 e. The number of hydrogen-bond donors (Lipinski definition) is 1. The Morgan fingerprint density at radius 1 is 1.23 bits per heavy atom. The Balaban J connectivity index is 1.42. The van der Waals surface area contributed by atoms with Gasteiger partial charge in [-0.2, -0.15) is 5.10 Å². The number of likely N-dealkylation sites (N-methyl/N-ethyl adjacent to an activating group) is 1. The Hall–Kier alpha value is -2.22. The van der Waals surface area contributed by atoms with E-state index in [1.54, 1.807) is 0 Å². The molecular formula is C19H26N6O. The van der Waals surface area contributed by atoms with Gasteiger partial charge in [0.15, 0.2) is 0 Å². The van der Waals surface area contributed by atoms with Gasteiger partial charge < -0.3 is 14.6 Å². The average Bonchev–Trinajstić information content (AvgIpc) is 3.21. The summed E-state index contributed by atoms with van der Waals surface area (Å²) in [6.45, 7) is 3.29. The lowest BCUT2D eigenvalue weighted by atomic mass is 10.0. The normalized spacial score (nSPS) is 21.5. The topological polar surface area (TPSA) is 60.1 Å². The fourth-order valence-corrected chi connectivity index (χ4v) is 3.77. The lowest BCUT2D eigenvalue weighted by Gasteiger charge is -2.39. The summed E-state index contributed by atoms with van der Waals surface area (Å²) in [6, 6.07) is 8.72. The Bertz CT molecular complexity index is 885. The van der Waals surface area contributed by atoms with E-state index in [2.05, 4.69) is 51.6 Å². The van der Waals surface area contributed by atoms with Crippen LogP contribution in [0.5, 0.6) is 0 Å². The number of nitrogens with zero attached hydrogens (tertiary/aromatic N) is 5. The van der Waals surface area contributed by atoms with Crippen molar-refractivity contribution >= 4 is 11.0 Å². The molecule has 0 spiro atoms. The number of morpholine rings is 1. The predicted molar refractivity (Wildman–Crippen MR) is 101 cm³/mol. The van der Waals surface area contributed by atoms with Crippen LogP contribution in [0.3, 0.4) is 0 Å². The number of hydrogen-bond acceptors (Lipinski definition) is 5. The van der Waals surface area contributed by atoms with E-state index in [0.717, 1.165) is 37.3 Å². The van der Waals surface area contributed by atoms with E-state index in [4.69, 9.17) is 4.74 Å². The molecule has 4 rings (SSSR count). The van der Waals surface area contributed by atoms with Gasteiger partial charge in [0.05, 0.1) is 41.8 Å². The molecule has 3 aromatic rings. The van der Waals surface area contributed by atoms with Gasteiger partial charge in [-0.25, -0.2) is 4.98 Å². The van der Waals surface area contributed by atoms with Gasteiger partial charge in [-0.1, -0.05) is 6.07 Å². The SMILES string of the molecule is CN1CCO[C@@H](CNCc2ccc3c(c2)ncn3C)[C@@H]1c1ccnn1C. The summed E-state index contributed by atoms with van der Waals surface area (Å²) in [5, 5.41) is 7.88. The van der Waals surface area contributed by atoms with Crippen LogP contribution in [-0.4, -0.2) is 57.1 Å². The second-order valence-corrected chi connectivity index (χ2v) is 7.02. The van der Waals surface area contributed by atoms with Crippen molar-refractivity contribution in [3.63, 3.8) is 0 Å². The van der Waals surface area contributed by atoms with E-state index < -0.39 is 0 Å². The van der Waals surface area contributed by atoms with Crippen molar-refractivity contribution in [2.45, 2.75) is 18.7 Å². The quantitative estimate of drug-likeness (QED) is 0.752. The van der Waals surface area contributed by atoms with Crippen molar-refractivity contribution < 1.29 is 4.74 Å². The summed E-state index contributed by atoms with van der Waals surface area (Å²) < 4.78 is 10.1. The van der Waals surface area contributed by atoms with Crippen molar-refractivity contribution in [1.82, 2.24) is 29.5 Å². The van der Waals surface area contributed by atoms with Crippen LogP contribution in [0, 0.1) is 0 Å². The molecule has 1 N–H and O–H groups in total. The molecule has 0 bridgehead atoms. The molecule has 1 saturated heterocycles. The zero-order valence-corrected chi connectivity index (χ0v) is 15.6. The first-order chi connectivity index (χ1) is 12.6. The molecule has 0 unspecified atom stereocenters. The fourth-order valence-electron chi connectivity index (χ4n) is 3.77. The van der Waals surface area contributed by atoms with Gasteiger partial charge in [0.1, 0.15) is 0 Å². The molecule has 7 heteroatoms. The second-order valence-electron chi connectivity index (χ2n) is 7.02. The summed E-state index contributed by atoms with van der Waals surface area (Å²) in [6.07, 6.45) is 3.80. The first-order valence-electron chi connectivity index (χ1n) is 9.04. The Labute approximate surface area is 153 Å². The summed E-state index contributed by atoms with van der Waals surface area (Å²) in [5.74, 6) is 0. The number of ether oxygens (including phenoxy) is 1. The largest absolute Gasteiger partial charge is 0.374 e. The molecule has 1 aromatic carbocycles. The Morgan fingerprint density at radius 3 is 2.92 bits per heavy atom. The van der Waals surface area contributed by atoms with E-state index >= 15 is 0 Å². The summed E-state index contributed by atoms with van der Waals surface area (Å²) in [4.78, 5) is 6.79. The van der Waals surface area contributed by atoms with E-state index in [1.807, 2.05) is 35.9 Å². The zero-order valence-electron chi connectivity index (χ0n) is 15.6. The smallest absolute Gasteiger partial charge is 0.0955 e. The Morgan fingerprint density at radius 2 is 2.12 bits per heavy atom. The first kappa shape index (κ1) is 17.2. The summed E-state index contributed by atoms with van der Waals surface area (Å²) in [5.41, 5.74) is 4.61. The van der Waals surface area contributed by atoms with Crippen molar-refractivity contribution in [2.75, 3.05) is 26.7 Å². The van der Waals surface area contributed by atoms with Crippen LogP contribution in [0.2, 0.25) is 0 Å². The predicted octanol–water partition coefficient (Wildman–Crippen LogP) is 1.47. The van der Waals surface area contributed by atoms with Crippen molar-refractivity contribution in [3.05, 3.63) is 48.0 Å². The minimum atomic E-state index is 0.0998. The molecule has 26 heavy (non-hydrogen) atoms. The molecule has 7 nitrogen and oxygen atoms in total. The standard InChI is InChI=1S/C19H26N6O/c1-23-8-9-26-18(19(23)17-6-7-22-25(17)3)12-20-11-14-4-5-16-15(10-14)21-13-24(16)2/h4-7,10,13,18-20H,8-9,11-12H2,1-3H3/t18-,19-/m0/s1. The summed E-state index contributed by atoms with van der Waals surface area (Å²) in [7, 11) is 6.16. The maximum absolute atomic E-state index is 6.09. The number of aryl methyl sites for hydroxylation is 2. The highest BCUT2D eigenvalue weighted by Crippen LogP contribution is 2.27. The number of imidazole rings is 1. The molecule has 0 saturated carbocycles. The molecule has 1 aliphatic heterocycles. The number of nitrogens with one attached hydrogen (secondary N) is 1. The van der Waals surface area contributed by atoms with Gasteiger partial charge in [0.2, 0.25) is 0 Å². The molecule has 2 aromatic heterocycles. The number of fused-ring (bicyclic) bond motifs is 1. The third-order valence-electron chi connectivity index (χ3n) is 5.23. The maximum atomic E-state index is 6.09. The van der Waals surface area contributed by atoms with E-state index in [-0.39, 0.29) is 12.1 Å². The Kier molecular flexibility index (Phi) is 4.76. The lowest BCUT2D eigenvalue weighted by Crippen LogP contribution is -2.48. The minimum Gasteiger partial charge on any atom is -0.374 e. The highest BCUT2D eigenvalue weighted by molar-refractivity contribution is 5.75. The van der Waals surface area contributed by atoms with Crippen LogP contribution in [-0.2, 0) is 25.4 Å². The molecule has 138 valence electrons. The van der Waals surface area contributed by atoms with Crippen LogP contribution in [0.4, 0.5) is 0 Å². The third-order valence-corrected chi connectivity index (χ3v) is 5.23. The van der Waals surface area contributed by atoms with E-state index in [0.29, 0.717) is 0 Å². The molecule has 1 fully saturated rings. The first-order valence-corrected chi connectivity index (χ1v) is 9.04. The van der Waals surface area contributed by atoms with Crippen LogP contribution >= 0.6 is 0 Å². The van der Waals surface area contributed by atoms with Gasteiger partial charge in [0, 0.05) is 39.9 Å². The van der Waals surface area contributed by atoms with Gasteiger partial charge in [-0.15, -0.1) is 0 Å². The molecule has 0 radical (unpaired) electrons. The van der Waals surface area contributed by atoms with E-state index in [1.165, 1.54) is 11.3 Å². The molecule has 3 heterocycles. The molecule has 2 atom stereocenters. The average molecular weight is 354 g/mol. The highest BCUT2D eigenvalue weighted by atomic mass is 16.5. The van der Waals surface area contributed by atoms with Gasteiger partial charge in [-0.3, -0.25) is 9.58 Å². The molecule has 1 aliphatic rings. The molecular weight excluding hydrogens is 328 g/mol. The van der Waals surface area contributed by atoms with Crippen molar-refractivity contribution in [2.24, 2.45) is 14.1 Å². The van der Waals surface area contributed by atoms with Gasteiger partial charge >= 0.3 is 0 Å². The molecule has 0 amide bonds. The number of benzene rings is 1. The van der Waals surface area contributed by atoms with Gasteiger partial charge in [0.25, 0.3) is 0 Å². The minimum absolute atomic E-state index is 0.0998. The molecule has 0 aliphatic carbocycles. The van der Waals surface area contributed by atoms with Crippen molar-refractivity contribution in [1.29, 1.82) is 0 Å². The monoisotopic (exact) mass is 354 g/mol. The number of aromatic nitrogens is 4. The fraction of sp³-hybridized carbons (Fsp3) is 0.474. The van der Waals surface area contributed by atoms with Crippen LogP contribution in [0.25, 0.3) is 11.0 Å². The highest BCUT2D eigenvalue weighted by Gasteiger charge is 2.33. The number of rotatable bonds is 5. The van der Waals surface area contributed by atoms with Crippen LogP contribution < -0.4 is 5.32 Å². The zero-order chi connectivity index (χ0) is 18.1. The summed E-state index contributed by atoms with van der Waals surface area (Å²) >= 11 is 0. The van der Waals surface area contributed by atoms with Crippen LogP contribution in [0.1, 0.15) is 17.3 Å². The van der Waals surface area contributed by atoms with Gasteiger partial charge in [-0.05, 0) is 30.8 Å². The second kappa shape index (κ2) is 7.19. The van der Waals surface area contributed by atoms with E-state index in [9.17, 15) is 0 Å². The third kappa shape index (κ3) is 3.25. The van der Waals surface area contributed by atoms with Crippen molar-refractivity contribution in [3.8, 4) is 0 Å². The van der Waals surface area contributed by atoms with Crippen LogP contribution in [0.15, 0.2) is 36.8 Å².